The van der Waals surface area contributed by atoms with Crippen LogP contribution >= 0.6 is 0 Å². The van der Waals surface area contributed by atoms with Crippen molar-refractivity contribution in [1.82, 2.24) is 14.9 Å². The highest BCUT2D eigenvalue weighted by Crippen LogP contribution is 2.19. The van der Waals surface area contributed by atoms with E-state index in [9.17, 15) is 8.78 Å². The van der Waals surface area contributed by atoms with Crippen molar-refractivity contribution in [3.8, 4) is 5.88 Å². The number of anilines is 1. The van der Waals surface area contributed by atoms with Gasteiger partial charge in [0.05, 0.1) is 7.11 Å². The highest BCUT2D eigenvalue weighted by atomic mass is 19.1. The molecule has 0 N–H and O–H groups in total. The molecule has 0 radical (unpaired) electrons. The summed E-state index contributed by atoms with van der Waals surface area (Å²) in [6.07, 6.45) is 2.17. The van der Waals surface area contributed by atoms with Crippen LogP contribution in [0.15, 0.2) is 83.2 Å². The summed E-state index contributed by atoms with van der Waals surface area (Å²) in [4.78, 5) is 22.3. The van der Waals surface area contributed by atoms with E-state index in [1.165, 1.54) is 30.6 Å². The first-order chi connectivity index (χ1) is 17.9. The van der Waals surface area contributed by atoms with Crippen molar-refractivity contribution in [1.29, 1.82) is 0 Å². The van der Waals surface area contributed by atoms with Crippen molar-refractivity contribution in [3.05, 3.63) is 96.0 Å². The molecular formula is C28H30F2N6O. The number of piperazine rings is 1. The van der Waals surface area contributed by atoms with Crippen molar-refractivity contribution in [2.24, 2.45) is 9.98 Å². The number of ether oxygens (including phenoxy) is 1. The molecule has 0 atom stereocenters. The lowest BCUT2D eigenvalue weighted by Gasteiger charge is -2.37. The van der Waals surface area contributed by atoms with Crippen molar-refractivity contribution in [2.45, 2.75) is 13.3 Å². The van der Waals surface area contributed by atoms with Crippen molar-refractivity contribution in [3.63, 3.8) is 0 Å². The van der Waals surface area contributed by atoms with Gasteiger partial charge in [-0.15, -0.1) is 0 Å². The topological polar surface area (TPSA) is 66.2 Å². The fourth-order valence-electron chi connectivity index (χ4n) is 4.02. The first kappa shape index (κ1) is 25.9. The molecular weight excluding hydrogens is 474 g/mol. The monoisotopic (exact) mass is 504 g/mol. The van der Waals surface area contributed by atoms with Gasteiger partial charge in [-0.3, -0.25) is 4.99 Å². The maximum atomic E-state index is 13.5. The van der Waals surface area contributed by atoms with Crippen LogP contribution in [0, 0.1) is 11.6 Å². The molecule has 3 aromatic rings. The van der Waals surface area contributed by atoms with Crippen molar-refractivity contribution in [2.75, 3.05) is 44.7 Å². The number of hydrogen-bond acceptors (Lipinski definition) is 6. The number of rotatable bonds is 8. The van der Waals surface area contributed by atoms with E-state index in [0.29, 0.717) is 36.0 Å². The predicted octanol–water partition coefficient (Wildman–Crippen LogP) is 4.75. The fourth-order valence-corrected chi connectivity index (χ4v) is 4.02. The number of nitrogens with zero attached hydrogens (tertiary/aromatic N) is 6. The molecule has 0 unspecified atom stereocenters. The van der Waals surface area contributed by atoms with Crippen LogP contribution in [0.2, 0.25) is 0 Å². The highest BCUT2D eigenvalue weighted by molar-refractivity contribution is 6.11. The number of methoxy groups -OCH3 is 1. The second-order valence-electron chi connectivity index (χ2n) is 8.63. The van der Waals surface area contributed by atoms with Crippen LogP contribution in [-0.2, 0) is 0 Å². The first-order valence-corrected chi connectivity index (χ1v) is 12.1. The van der Waals surface area contributed by atoms with Gasteiger partial charge in [0.15, 0.2) is 5.84 Å². The average molecular weight is 505 g/mol. The number of amidine groups is 1. The smallest absolute Gasteiger partial charge is 0.218 e. The van der Waals surface area contributed by atoms with Gasteiger partial charge in [-0.2, -0.15) is 0 Å². The molecule has 37 heavy (non-hydrogen) atoms. The van der Waals surface area contributed by atoms with Crippen LogP contribution in [0.25, 0.3) is 0 Å². The Morgan fingerprint density at radius 3 is 2.19 bits per heavy atom. The number of halogens is 2. The Labute approximate surface area is 215 Å². The molecule has 1 saturated heterocycles. The van der Waals surface area contributed by atoms with E-state index in [4.69, 9.17) is 14.7 Å². The number of hydrogen-bond donors (Lipinski definition) is 0. The van der Waals surface area contributed by atoms with Gasteiger partial charge in [-0.25, -0.2) is 23.7 Å². The van der Waals surface area contributed by atoms with Gasteiger partial charge in [0, 0.05) is 62.2 Å². The van der Waals surface area contributed by atoms with E-state index in [1.54, 1.807) is 31.4 Å². The minimum atomic E-state index is -0.324. The largest absolute Gasteiger partial charge is 0.481 e. The molecule has 0 saturated carbocycles. The lowest BCUT2D eigenvalue weighted by atomic mass is 10.1. The number of aliphatic imine (C=N–C) groups is 2. The fraction of sp³-hybridized carbons (Fsp3) is 0.286. The van der Waals surface area contributed by atoms with Gasteiger partial charge >= 0.3 is 0 Å². The van der Waals surface area contributed by atoms with Gasteiger partial charge < -0.3 is 14.5 Å². The van der Waals surface area contributed by atoms with Gasteiger partial charge in [-0.1, -0.05) is 18.7 Å². The summed E-state index contributed by atoms with van der Waals surface area (Å²) in [5, 5.41) is 0. The minimum absolute atomic E-state index is 0.305. The summed E-state index contributed by atoms with van der Waals surface area (Å²) < 4.78 is 32.0. The SMILES string of the molecule is C=C(CCN=C(N=C(C)c1ccc(F)cc1)c1ccc(F)cc1)N1CCN(c2cc(OC)ncn2)CC1. The second-order valence-corrected chi connectivity index (χ2v) is 8.63. The molecule has 0 amide bonds. The zero-order valence-electron chi connectivity index (χ0n) is 21.1. The molecule has 2 heterocycles. The van der Waals surface area contributed by atoms with Crippen LogP contribution in [0.3, 0.4) is 0 Å². The summed E-state index contributed by atoms with van der Waals surface area (Å²) in [6.45, 7) is 9.86. The normalized spacial score (nSPS) is 14.6. The minimum Gasteiger partial charge on any atom is -0.481 e. The van der Waals surface area contributed by atoms with Gasteiger partial charge in [0.1, 0.15) is 23.8 Å². The molecule has 1 aliphatic heterocycles. The maximum absolute atomic E-state index is 13.5. The summed E-state index contributed by atoms with van der Waals surface area (Å²) in [7, 11) is 1.59. The predicted molar refractivity (Wildman–Crippen MR) is 143 cm³/mol. The third-order valence-corrected chi connectivity index (χ3v) is 6.19. The lowest BCUT2D eigenvalue weighted by Crippen LogP contribution is -2.46. The van der Waals surface area contributed by atoms with Crippen LogP contribution in [-0.4, -0.2) is 66.2 Å². The Kier molecular flexibility index (Phi) is 8.56. The van der Waals surface area contributed by atoms with E-state index < -0.39 is 0 Å². The molecule has 4 rings (SSSR count). The second kappa shape index (κ2) is 12.2. The number of aromatic nitrogens is 2. The molecule has 7 nitrogen and oxygen atoms in total. The Bertz CT molecular complexity index is 1270. The van der Waals surface area contributed by atoms with E-state index in [1.807, 2.05) is 13.0 Å². The summed E-state index contributed by atoms with van der Waals surface area (Å²) in [6, 6.07) is 14.1. The zero-order chi connectivity index (χ0) is 26.2. The van der Waals surface area contributed by atoms with Crippen LogP contribution in [0.5, 0.6) is 5.88 Å². The average Bonchev–Trinajstić information content (AvgIpc) is 2.93. The molecule has 192 valence electrons. The third kappa shape index (κ3) is 6.97. The quantitative estimate of drug-likeness (QED) is 0.327. The molecule has 9 heteroatoms. The van der Waals surface area contributed by atoms with E-state index in [2.05, 4.69) is 26.3 Å². The molecule has 0 aliphatic carbocycles. The van der Waals surface area contributed by atoms with E-state index >= 15 is 0 Å². The van der Waals surface area contributed by atoms with E-state index in [0.717, 1.165) is 43.3 Å². The molecule has 1 aromatic heterocycles. The van der Waals surface area contributed by atoms with Crippen LogP contribution in [0.4, 0.5) is 14.6 Å². The van der Waals surface area contributed by atoms with Gasteiger partial charge in [0.25, 0.3) is 0 Å². The highest BCUT2D eigenvalue weighted by Gasteiger charge is 2.19. The first-order valence-electron chi connectivity index (χ1n) is 12.1. The Morgan fingerprint density at radius 1 is 0.946 bits per heavy atom. The molecule has 1 aliphatic rings. The number of benzene rings is 2. The maximum Gasteiger partial charge on any atom is 0.218 e. The molecule has 2 aromatic carbocycles. The molecule has 1 fully saturated rings. The van der Waals surface area contributed by atoms with E-state index in [-0.39, 0.29) is 11.6 Å². The summed E-state index contributed by atoms with van der Waals surface area (Å²) in [5.74, 6) is 1.26. The third-order valence-electron chi connectivity index (χ3n) is 6.19. The van der Waals surface area contributed by atoms with Crippen molar-refractivity contribution >= 4 is 17.4 Å². The Morgan fingerprint density at radius 2 is 1.57 bits per heavy atom. The van der Waals surface area contributed by atoms with Crippen LogP contribution < -0.4 is 9.64 Å². The lowest BCUT2D eigenvalue weighted by molar-refractivity contribution is 0.312. The van der Waals surface area contributed by atoms with Gasteiger partial charge in [0.2, 0.25) is 5.88 Å². The Hall–Kier alpha value is -4.14. The van der Waals surface area contributed by atoms with Crippen LogP contribution in [0.1, 0.15) is 24.5 Å². The Balaban J connectivity index is 1.40. The molecule has 0 spiro atoms. The summed E-state index contributed by atoms with van der Waals surface area (Å²) in [5.41, 5.74) is 3.20. The zero-order valence-corrected chi connectivity index (χ0v) is 21.1. The van der Waals surface area contributed by atoms with Gasteiger partial charge in [-0.05, 0) is 48.9 Å². The summed E-state index contributed by atoms with van der Waals surface area (Å²) >= 11 is 0. The van der Waals surface area contributed by atoms with Crippen molar-refractivity contribution < 1.29 is 13.5 Å². The standard InChI is InChI=1S/C28H30F2N6O/c1-20(35-14-16-36(17-15-35)26-18-27(37-3)33-19-32-26)12-13-31-28(23-6-10-25(30)11-7-23)34-21(2)22-4-8-24(29)9-5-22/h4-11,18-19H,1,12-17H2,2-3H3. The molecule has 0 bridgehead atoms.